The van der Waals surface area contributed by atoms with Gasteiger partial charge in [0.2, 0.25) is 0 Å². The summed E-state index contributed by atoms with van der Waals surface area (Å²) in [6.07, 6.45) is 2.18. The van der Waals surface area contributed by atoms with Gasteiger partial charge < -0.3 is 14.7 Å². The van der Waals surface area contributed by atoms with Crippen molar-refractivity contribution >= 4 is 23.2 Å². The zero-order chi connectivity index (χ0) is 18.0. The number of rotatable bonds is 4. The van der Waals surface area contributed by atoms with Crippen molar-refractivity contribution in [3.8, 4) is 16.3 Å². The number of carboxylic acids is 1. The second-order valence-electron chi connectivity index (χ2n) is 6.34. The molecule has 0 spiro atoms. The van der Waals surface area contributed by atoms with Gasteiger partial charge in [0, 0.05) is 18.7 Å². The van der Waals surface area contributed by atoms with Crippen molar-refractivity contribution in [2.24, 2.45) is 11.8 Å². The molecule has 6 nitrogen and oxygen atoms in total. The van der Waals surface area contributed by atoms with Crippen LogP contribution in [0.4, 0.5) is 0 Å². The topological polar surface area (TPSA) is 79.7 Å². The summed E-state index contributed by atoms with van der Waals surface area (Å²) < 4.78 is 5.14. The Morgan fingerprint density at radius 3 is 2.64 bits per heavy atom. The minimum atomic E-state index is -0.840. The zero-order valence-electron chi connectivity index (χ0n) is 14.1. The van der Waals surface area contributed by atoms with E-state index in [1.54, 1.807) is 18.2 Å². The Balaban J connectivity index is 1.76. The van der Waals surface area contributed by atoms with Crippen molar-refractivity contribution in [3.63, 3.8) is 0 Å². The second kappa shape index (κ2) is 7.23. The van der Waals surface area contributed by atoms with Gasteiger partial charge in [-0.25, -0.2) is 4.98 Å². The van der Waals surface area contributed by atoms with Crippen LogP contribution in [0.3, 0.4) is 0 Å². The van der Waals surface area contributed by atoms with Gasteiger partial charge in [-0.1, -0.05) is 6.92 Å². The van der Waals surface area contributed by atoms with Gasteiger partial charge in [-0.15, -0.1) is 11.3 Å². The molecular formula is C18H20N2O4S. The molecule has 25 heavy (non-hydrogen) atoms. The first-order valence-corrected chi connectivity index (χ1v) is 8.92. The molecule has 132 valence electrons. The largest absolute Gasteiger partial charge is 0.497 e. The van der Waals surface area contributed by atoms with Crippen LogP contribution in [0, 0.1) is 11.8 Å². The van der Waals surface area contributed by atoms with E-state index in [4.69, 9.17) is 4.74 Å². The lowest BCUT2D eigenvalue weighted by Crippen LogP contribution is -2.45. The van der Waals surface area contributed by atoms with Gasteiger partial charge in [0.1, 0.15) is 15.6 Å². The molecule has 0 aliphatic carbocycles. The summed E-state index contributed by atoms with van der Waals surface area (Å²) in [7, 11) is 1.61. The van der Waals surface area contributed by atoms with Crippen LogP contribution in [-0.4, -0.2) is 47.1 Å². The monoisotopic (exact) mass is 360 g/mol. The molecule has 0 radical (unpaired) electrons. The summed E-state index contributed by atoms with van der Waals surface area (Å²) in [4.78, 5) is 30.5. The van der Waals surface area contributed by atoms with Gasteiger partial charge in [0.15, 0.2) is 0 Å². The summed E-state index contributed by atoms with van der Waals surface area (Å²) in [6, 6.07) is 7.49. The Labute approximate surface area is 150 Å². The lowest BCUT2D eigenvalue weighted by atomic mass is 9.90. The van der Waals surface area contributed by atoms with Crippen molar-refractivity contribution in [1.29, 1.82) is 0 Å². The number of aliphatic carboxylic acids is 1. The molecular weight excluding hydrogens is 340 g/mol. The van der Waals surface area contributed by atoms with Crippen LogP contribution < -0.4 is 4.74 Å². The highest BCUT2D eigenvalue weighted by Gasteiger charge is 2.32. The molecule has 1 aliphatic heterocycles. The quantitative estimate of drug-likeness (QED) is 0.907. The predicted octanol–water partition coefficient (Wildman–Crippen LogP) is 3.00. The highest BCUT2D eigenvalue weighted by Crippen LogP contribution is 2.29. The van der Waals surface area contributed by atoms with Crippen LogP contribution in [0.2, 0.25) is 0 Å². The minimum absolute atomic E-state index is 0.143. The standard InChI is InChI=1S/C18H20N2O4S/c1-11-7-13(18(22)23)10-20(9-11)17(21)15-8-19-16(25-15)12-3-5-14(24-2)6-4-12/h3-6,8,11,13H,7,9-10H2,1-2H3,(H,22,23). The van der Waals surface area contributed by atoms with Crippen molar-refractivity contribution in [1.82, 2.24) is 9.88 Å². The number of amides is 1. The molecule has 1 amide bonds. The maximum Gasteiger partial charge on any atom is 0.308 e. The van der Waals surface area contributed by atoms with Gasteiger partial charge in [-0.05, 0) is 36.6 Å². The third-order valence-electron chi connectivity index (χ3n) is 4.35. The van der Waals surface area contributed by atoms with E-state index in [1.165, 1.54) is 11.3 Å². The predicted molar refractivity (Wildman–Crippen MR) is 94.9 cm³/mol. The number of hydrogen-bond donors (Lipinski definition) is 1. The molecule has 2 unspecified atom stereocenters. The van der Waals surface area contributed by atoms with E-state index < -0.39 is 11.9 Å². The number of ether oxygens (including phenoxy) is 1. The summed E-state index contributed by atoms with van der Waals surface area (Å²) in [5, 5.41) is 10.0. The number of carboxylic acid groups (broad SMARTS) is 1. The first-order chi connectivity index (χ1) is 12.0. The molecule has 0 saturated carbocycles. The van der Waals surface area contributed by atoms with Crippen molar-refractivity contribution in [2.75, 3.05) is 20.2 Å². The van der Waals surface area contributed by atoms with Crippen molar-refractivity contribution < 1.29 is 19.4 Å². The van der Waals surface area contributed by atoms with Crippen LogP contribution in [0.25, 0.3) is 10.6 Å². The maximum atomic E-state index is 12.7. The SMILES string of the molecule is COc1ccc(-c2ncc(C(=O)N3CC(C)CC(C(=O)O)C3)s2)cc1. The van der Waals surface area contributed by atoms with Crippen molar-refractivity contribution in [3.05, 3.63) is 35.3 Å². The van der Waals surface area contributed by atoms with Crippen LogP contribution in [0.5, 0.6) is 5.75 Å². The fraction of sp³-hybridized carbons (Fsp3) is 0.389. The van der Waals surface area contributed by atoms with E-state index in [-0.39, 0.29) is 18.4 Å². The Morgan fingerprint density at radius 2 is 2.00 bits per heavy atom. The molecule has 1 fully saturated rings. The molecule has 2 aromatic rings. The average molecular weight is 360 g/mol. The summed E-state index contributed by atoms with van der Waals surface area (Å²) >= 11 is 1.32. The lowest BCUT2D eigenvalue weighted by Gasteiger charge is -2.34. The van der Waals surface area contributed by atoms with Gasteiger partial charge in [0.05, 0.1) is 19.2 Å². The Bertz CT molecular complexity index is 772. The molecule has 7 heteroatoms. The third-order valence-corrected chi connectivity index (χ3v) is 5.38. The van der Waals surface area contributed by atoms with E-state index in [0.29, 0.717) is 17.8 Å². The van der Waals surface area contributed by atoms with Crippen LogP contribution in [-0.2, 0) is 4.79 Å². The second-order valence-corrected chi connectivity index (χ2v) is 7.37. The van der Waals surface area contributed by atoms with E-state index in [9.17, 15) is 14.7 Å². The average Bonchev–Trinajstić information content (AvgIpc) is 3.10. The number of aromatic nitrogens is 1. The molecule has 1 N–H and O–H groups in total. The summed E-state index contributed by atoms with van der Waals surface area (Å²) in [5.41, 5.74) is 0.917. The molecule has 3 rings (SSSR count). The molecule has 1 aliphatic rings. The van der Waals surface area contributed by atoms with Gasteiger partial charge in [-0.2, -0.15) is 0 Å². The Hall–Kier alpha value is -2.41. The molecule has 0 bridgehead atoms. The molecule has 2 heterocycles. The summed E-state index contributed by atoms with van der Waals surface area (Å²) in [6.45, 7) is 2.82. The molecule has 1 aromatic heterocycles. The van der Waals surface area contributed by atoms with Gasteiger partial charge >= 0.3 is 5.97 Å². The highest BCUT2D eigenvalue weighted by atomic mass is 32.1. The molecule has 1 aromatic carbocycles. The number of thiazole rings is 1. The third kappa shape index (κ3) is 3.82. The number of nitrogens with zero attached hydrogens (tertiary/aromatic N) is 2. The number of piperidine rings is 1. The molecule has 1 saturated heterocycles. The smallest absolute Gasteiger partial charge is 0.308 e. The number of benzene rings is 1. The number of carbonyl (C=O) groups excluding carboxylic acids is 1. The van der Waals surface area contributed by atoms with Crippen LogP contribution in [0.1, 0.15) is 23.0 Å². The number of carbonyl (C=O) groups is 2. The van der Waals surface area contributed by atoms with Crippen LogP contribution >= 0.6 is 11.3 Å². The zero-order valence-corrected chi connectivity index (χ0v) is 15.0. The molecule has 2 atom stereocenters. The van der Waals surface area contributed by atoms with Crippen LogP contribution in [0.15, 0.2) is 30.5 Å². The van der Waals surface area contributed by atoms with Gasteiger partial charge in [-0.3, -0.25) is 9.59 Å². The Morgan fingerprint density at radius 1 is 1.28 bits per heavy atom. The fourth-order valence-corrected chi connectivity index (χ4v) is 3.98. The van der Waals surface area contributed by atoms with E-state index in [2.05, 4.69) is 4.98 Å². The first-order valence-electron chi connectivity index (χ1n) is 8.10. The van der Waals surface area contributed by atoms with E-state index in [1.807, 2.05) is 31.2 Å². The minimum Gasteiger partial charge on any atom is -0.497 e. The number of hydrogen-bond acceptors (Lipinski definition) is 5. The van der Waals surface area contributed by atoms with E-state index >= 15 is 0 Å². The van der Waals surface area contributed by atoms with E-state index in [0.717, 1.165) is 16.3 Å². The normalized spacial score (nSPS) is 20.3. The number of likely N-dealkylation sites (tertiary alicyclic amines) is 1. The number of methoxy groups -OCH3 is 1. The van der Waals surface area contributed by atoms with Gasteiger partial charge in [0.25, 0.3) is 5.91 Å². The first kappa shape index (κ1) is 17.4. The lowest BCUT2D eigenvalue weighted by molar-refractivity contribution is -0.143. The maximum absolute atomic E-state index is 12.7. The fourth-order valence-electron chi connectivity index (χ4n) is 3.09. The summed E-state index contributed by atoms with van der Waals surface area (Å²) in [5.74, 6) is -0.546. The van der Waals surface area contributed by atoms with Crippen molar-refractivity contribution in [2.45, 2.75) is 13.3 Å². The Kier molecular flexibility index (Phi) is 5.03. The highest BCUT2D eigenvalue weighted by molar-refractivity contribution is 7.16.